The first kappa shape index (κ1) is 25.3. The maximum atomic E-state index is 14.8. The number of nitrogens with one attached hydrogen (secondary N) is 2. The van der Waals surface area contributed by atoms with E-state index in [-0.39, 0.29) is 23.6 Å². The number of amides is 2. The van der Waals surface area contributed by atoms with Crippen LogP contribution in [-0.4, -0.2) is 41.7 Å². The Kier molecular flexibility index (Phi) is 5.64. The van der Waals surface area contributed by atoms with Crippen molar-refractivity contribution >= 4 is 40.6 Å². The lowest BCUT2D eigenvalue weighted by atomic mass is 9.57. The molecule has 2 fully saturated rings. The van der Waals surface area contributed by atoms with Gasteiger partial charge in [-0.05, 0) is 68.1 Å². The Balaban J connectivity index is 1.52. The van der Waals surface area contributed by atoms with Gasteiger partial charge >= 0.3 is 0 Å². The largest absolute Gasteiger partial charge is 0.494 e. The number of hydrogen-bond donors (Lipinski definition) is 2. The average molecular weight is 556 g/mol. The van der Waals surface area contributed by atoms with E-state index in [0.717, 1.165) is 18.4 Å². The highest BCUT2D eigenvalue weighted by Crippen LogP contribution is 2.68. The Hall–Kier alpha value is -3.68. The number of halogens is 1. The van der Waals surface area contributed by atoms with Crippen LogP contribution in [0.4, 0.5) is 11.4 Å². The molecule has 8 heteroatoms. The molecule has 2 spiro atoms. The maximum Gasteiger partial charge on any atom is 0.251 e. The standard InChI is InChI=1S/C32H30ClN3O4/c1-3-16-40-20-9-6-8-19(17-20)28(37)26-25-12-7-15-36(25)32(22-13-14-23(33)18(2)27(22)35-30(32)39)31(26)21-10-4-5-11-24(21)34-29(31)38/h4-6,8-11,13-14,17,25-26H,3,7,12,15-16H2,1-2H3,(H,34,38)(H,35,39)/t25-,26+,31-,32-/m0/s1. The van der Waals surface area contributed by atoms with Crippen LogP contribution in [0.15, 0.2) is 60.7 Å². The Morgan fingerprint density at radius 3 is 2.70 bits per heavy atom. The first-order valence-electron chi connectivity index (χ1n) is 13.9. The number of benzene rings is 3. The minimum Gasteiger partial charge on any atom is -0.494 e. The van der Waals surface area contributed by atoms with E-state index in [1.807, 2.05) is 56.3 Å². The lowest BCUT2D eigenvalue weighted by Gasteiger charge is -2.43. The molecule has 7 rings (SSSR count). The Labute approximate surface area is 237 Å². The quantitative estimate of drug-likeness (QED) is 0.409. The summed E-state index contributed by atoms with van der Waals surface area (Å²) >= 11 is 6.51. The van der Waals surface area contributed by atoms with E-state index in [9.17, 15) is 14.4 Å². The van der Waals surface area contributed by atoms with Gasteiger partial charge in [-0.3, -0.25) is 19.3 Å². The average Bonchev–Trinajstić information content (AvgIpc) is 3.68. The molecule has 3 aromatic carbocycles. The van der Waals surface area contributed by atoms with Crippen molar-refractivity contribution in [2.24, 2.45) is 5.92 Å². The van der Waals surface area contributed by atoms with Crippen LogP contribution in [0, 0.1) is 12.8 Å². The number of anilines is 2. The molecule has 4 aliphatic rings. The van der Waals surface area contributed by atoms with Crippen molar-refractivity contribution < 1.29 is 19.1 Å². The number of ether oxygens (including phenoxy) is 1. The fourth-order valence-electron chi connectivity index (χ4n) is 7.90. The number of hydrogen-bond acceptors (Lipinski definition) is 5. The highest BCUT2D eigenvalue weighted by atomic mass is 35.5. The molecule has 4 aliphatic heterocycles. The molecular formula is C32H30ClN3O4. The van der Waals surface area contributed by atoms with Gasteiger partial charge < -0.3 is 15.4 Å². The van der Waals surface area contributed by atoms with Gasteiger partial charge in [-0.1, -0.05) is 54.9 Å². The molecule has 0 bridgehead atoms. The summed E-state index contributed by atoms with van der Waals surface area (Å²) in [4.78, 5) is 46.1. The summed E-state index contributed by atoms with van der Waals surface area (Å²) in [5.74, 6) is -0.956. The number of carbonyl (C=O) groups is 3. The molecule has 3 aromatic rings. The molecule has 204 valence electrons. The third-order valence-electron chi connectivity index (χ3n) is 9.34. The van der Waals surface area contributed by atoms with Crippen molar-refractivity contribution in [2.75, 3.05) is 23.8 Å². The van der Waals surface area contributed by atoms with Gasteiger partial charge in [0.2, 0.25) is 5.91 Å². The minimum atomic E-state index is -1.48. The highest BCUT2D eigenvalue weighted by molar-refractivity contribution is 6.32. The summed E-state index contributed by atoms with van der Waals surface area (Å²) in [6.07, 6.45) is 2.37. The lowest BCUT2D eigenvalue weighted by Crippen LogP contribution is -2.62. The van der Waals surface area contributed by atoms with Crippen molar-refractivity contribution in [3.63, 3.8) is 0 Å². The third kappa shape index (κ3) is 2.97. The van der Waals surface area contributed by atoms with E-state index in [4.69, 9.17) is 16.3 Å². The fourth-order valence-corrected chi connectivity index (χ4v) is 8.06. The van der Waals surface area contributed by atoms with E-state index in [1.165, 1.54) is 0 Å². The summed E-state index contributed by atoms with van der Waals surface area (Å²) in [5, 5.41) is 6.72. The van der Waals surface area contributed by atoms with E-state index in [0.29, 0.717) is 58.4 Å². The predicted molar refractivity (Wildman–Crippen MR) is 153 cm³/mol. The zero-order valence-electron chi connectivity index (χ0n) is 22.4. The smallest absolute Gasteiger partial charge is 0.251 e. The molecule has 0 radical (unpaired) electrons. The first-order valence-corrected chi connectivity index (χ1v) is 14.3. The van der Waals surface area contributed by atoms with Crippen molar-refractivity contribution in [3.8, 4) is 5.75 Å². The Morgan fingerprint density at radius 1 is 1.05 bits per heavy atom. The van der Waals surface area contributed by atoms with Crippen molar-refractivity contribution in [1.29, 1.82) is 0 Å². The number of fused-ring (bicyclic) bond motifs is 7. The van der Waals surface area contributed by atoms with Gasteiger partial charge in [0.25, 0.3) is 5.91 Å². The van der Waals surface area contributed by atoms with Crippen LogP contribution in [-0.2, 0) is 20.5 Å². The van der Waals surface area contributed by atoms with E-state index >= 15 is 0 Å². The second-order valence-corrected chi connectivity index (χ2v) is 11.6. The zero-order valence-corrected chi connectivity index (χ0v) is 23.2. The Morgan fingerprint density at radius 2 is 1.88 bits per heavy atom. The highest BCUT2D eigenvalue weighted by Gasteiger charge is 2.81. The zero-order chi connectivity index (χ0) is 27.8. The van der Waals surface area contributed by atoms with Crippen molar-refractivity contribution in [2.45, 2.75) is 50.1 Å². The van der Waals surface area contributed by atoms with Crippen molar-refractivity contribution in [3.05, 3.63) is 87.9 Å². The van der Waals surface area contributed by atoms with Crippen LogP contribution in [0.5, 0.6) is 5.75 Å². The van der Waals surface area contributed by atoms with Gasteiger partial charge in [-0.15, -0.1) is 0 Å². The SMILES string of the molecule is CCCOc1cccc(C(=O)[C@H]2[C@@H]3CCCN3[C@@]3(C(=O)Nc4c3ccc(Cl)c4C)[C@]23C(=O)Nc2ccccc23)c1. The number of ketones is 1. The molecular weight excluding hydrogens is 526 g/mol. The molecule has 7 nitrogen and oxygen atoms in total. The normalized spacial score (nSPS) is 28.0. The molecule has 2 amide bonds. The van der Waals surface area contributed by atoms with Crippen LogP contribution in [0.25, 0.3) is 0 Å². The molecule has 2 N–H and O–H groups in total. The topological polar surface area (TPSA) is 87.7 Å². The predicted octanol–water partition coefficient (Wildman–Crippen LogP) is 5.45. The molecule has 4 heterocycles. The molecule has 0 saturated carbocycles. The molecule has 2 saturated heterocycles. The first-order chi connectivity index (χ1) is 19.4. The van der Waals surface area contributed by atoms with Gasteiger partial charge in [0.15, 0.2) is 5.78 Å². The number of Topliss-reactive ketones (excluding diaryl/α,β-unsaturated/α-hetero) is 1. The monoisotopic (exact) mass is 555 g/mol. The van der Waals surface area contributed by atoms with Gasteiger partial charge in [0, 0.05) is 27.9 Å². The second kappa shape index (κ2) is 8.91. The molecule has 0 aliphatic carbocycles. The van der Waals surface area contributed by atoms with Crippen molar-refractivity contribution in [1.82, 2.24) is 4.90 Å². The Bertz CT molecular complexity index is 1600. The van der Waals surface area contributed by atoms with Gasteiger partial charge in [-0.25, -0.2) is 0 Å². The molecule has 4 atom stereocenters. The summed E-state index contributed by atoms with van der Waals surface area (Å²) in [5.41, 5.74) is 0.978. The number of nitrogens with zero attached hydrogens (tertiary/aromatic N) is 1. The lowest BCUT2D eigenvalue weighted by molar-refractivity contribution is -0.137. The summed E-state index contributed by atoms with van der Waals surface area (Å²) < 4.78 is 5.85. The summed E-state index contributed by atoms with van der Waals surface area (Å²) in [6.45, 7) is 5.04. The maximum absolute atomic E-state index is 14.8. The van der Waals surface area contributed by atoms with Crippen LogP contribution in [0.1, 0.15) is 53.2 Å². The van der Waals surface area contributed by atoms with Gasteiger partial charge in [0.05, 0.1) is 18.2 Å². The van der Waals surface area contributed by atoms with Gasteiger partial charge in [-0.2, -0.15) is 0 Å². The molecule has 0 aromatic heterocycles. The minimum absolute atomic E-state index is 0.158. The van der Waals surface area contributed by atoms with E-state index < -0.39 is 16.9 Å². The second-order valence-electron chi connectivity index (χ2n) is 11.2. The van der Waals surface area contributed by atoms with E-state index in [2.05, 4.69) is 15.5 Å². The van der Waals surface area contributed by atoms with Crippen LogP contribution < -0.4 is 15.4 Å². The number of para-hydroxylation sites is 1. The number of rotatable bonds is 5. The molecule has 0 unspecified atom stereocenters. The van der Waals surface area contributed by atoms with Crippen LogP contribution >= 0.6 is 11.6 Å². The molecule has 40 heavy (non-hydrogen) atoms. The van der Waals surface area contributed by atoms with Gasteiger partial charge in [0.1, 0.15) is 16.7 Å². The summed E-state index contributed by atoms with van der Waals surface area (Å²) in [6, 6.07) is 18.0. The van der Waals surface area contributed by atoms with Crippen LogP contribution in [0.2, 0.25) is 5.02 Å². The van der Waals surface area contributed by atoms with E-state index in [1.54, 1.807) is 18.2 Å². The van der Waals surface area contributed by atoms with Crippen LogP contribution in [0.3, 0.4) is 0 Å². The summed E-state index contributed by atoms with van der Waals surface area (Å²) in [7, 11) is 0. The number of carbonyl (C=O) groups excluding carboxylic acids is 3. The fraction of sp³-hybridized carbons (Fsp3) is 0.344. The third-order valence-corrected chi connectivity index (χ3v) is 9.75.